The quantitative estimate of drug-likeness (QED) is 0.190. The normalized spacial score (nSPS) is 12.3. The lowest BCUT2D eigenvalue weighted by Gasteiger charge is -2.34. The summed E-state index contributed by atoms with van der Waals surface area (Å²) in [7, 11) is 0. The lowest BCUT2D eigenvalue weighted by Crippen LogP contribution is -2.53. The number of aryl methyl sites for hydroxylation is 1. The van der Waals surface area contributed by atoms with Gasteiger partial charge in [-0.2, -0.15) is 0 Å². The van der Waals surface area contributed by atoms with Gasteiger partial charge in [-0.25, -0.2) is 4.79 Å². The third-order valence-electron chi connectivity index (χ3n) is 6.40. The summed E-state index contributed by atoms with van der Waals surface area (Å²) < 4.78 is 5.44. The standard InChI is InChI=1S/C34H36ClN3O5/c1-7-20-38(32(41)28(36-33(42)43-34(4,5)6)21-24-14-18-26(39)19-15-24)30(25-16-12-23(8-2)13-17-25)31(40)37-29-22(3)10-9-11-27(29)35/h2,7,9-19,28,30,39H,1,20-21H2,3-6H3,(H,36,42)(H,37,40). The number of rotatable bonds is 10. The van der Waals surface area contributed by atoms with Crippen LogP contribution in [0.5, 0.6) is 5.75 Å². The van der Waals surface area contributed by atoms with Crippen LogP contribution in [0, 0.1) is 19.3 Å². The van der Waals surface area contributed by atoms with E-state index in [9.17, 15) is 19.5 Å². The number of nitrogens with one attached hydrogen (secondary N) is 2. The van der Waals surface area contributed by atoms with Gasteiger partial charge in [0.05, 0.1) is 10.7 Å². The zero-order chi connectivity index (χ0) is 31.7. The predicted molar refractivity (Wildman–Crippen MR) is 169 cm³/mol. The topological polar surface area (TPSA) is 108 Å². The highest BCUT2D eigenvalue weighted by molar-refractivity contribution is 6.34. The van der Waals surface area contributed by atoms with Gasteiger partial charge in [-0.1, -0.05) is 60.0 Å². The molecule has 3 aromatic rings. The molecule has 0 heterocycles. The fourth-order valence-electron chi connectivity index (χ4n) is 4.40. The van der Waals surface area contributed by atoms with Crippen LogP contribution in [-0.2, 0) is 20.7 Å². The summed E-state index contributed by atoms with van der Waals surface area (Å²) in [5.41, 5.74) is 2.08. The molecule has 0 fully saturated rings. The maximum Gasteiger partial charge on any atom is 0.408 e. The number of halogens is 1. The summed E-state index contributed by atoms with van der Waals surface area (Å²) in [6.45, 7) is 10.7. The second-order valence-electron chi connectivity index (χ2n) is 10.9. The number of ether oxygens (including phenoxy) is 1. The van der Waals surface area contributed by atoms with E-state index in [-0.39, 0.29) is 18.7 Å². The summed E-state index contributed by atoms with van der Waals surface area (Å²) >= 11 is 6.42. The van der Waals surface area contributed by atoms with Crippen molar-refractivity contribution >= 4 is 35.2 Å². The number of amides is 3. The van der Waals surface area contributed by atoms with Crippen molar-refractivity contribution in [3.63, 3.8) is 0 Å². The average Bonchev–Trinajstić information content (AvgIpc) is 2.94. The molecule has 0 aliphatic heterocycles. The third kappa shape index (κ3) is 9.12. The Kier molecular flexibility index (Phi) is 11.0. The SMILES string of the molecule is C#Cc1ccc(C(C(=O)Nc2c(C)cccc2Cl)N(CC=C)C(=O)C(Cc2ccc(O)cc2)NC(=O)OC(C)(C)C)cc1. The molecule has 8 nitrogen and oxygen atoms in total. The van der Waals surface area contributed by atoms with E-state index < -0.39 is 35.6 Å². The van der Waals surface area contributed by atoms with Gasteiger partial charge in [-0.15, -0.1) is 13.0 Å². The summed E-state index contributed by atoms with van der Waals surface area (Å²) in [4.78, 5) is 42.6. The van der Waals surface area contributed by atoms with Crippen LogP contribution in [0.15, 0.2) is 79.4 Å². The molecule has 2 unspecified atom stereocenters. The Morgan fingerprint density at radius 1 is 1.09 bits per heavy atom. The van der Waals surface area contributed by atoms with E-state index in [2.05, 4.69) is 23.1 Å². The number of hydrogen-bond donors (Lipinski definition) is 3. The molecule has 43 heavy (non-hydrogen) atoms. The van der Waals surface area contributed by atoms with Crippen LogP contribution in [0.2, 0.25) is 5.02 Å². The van der Waals surface area contributed by atoms with Crippen molar-refractivity contribution in [2.75, 3.05) is 11.9 Å². The number of phenolic OH excluding ortho intramolecular Hbond substituents is 1. The van der Waals surface area contributed by atoms with Crippen LogP contribution < -0.4 is 10.6 Å². The fraction of sp³-hybridized carbons (Fsp3) is 0.265. The zero-order valence-corrected chi connectivity index (χ0v) is 25.4. The van der Waals surface area contributed by atoms with E-state index in [0.717, 1.165) is 5.56 Å². The minimum Gasteiger partial charge on any atom is -0.508 e. The Morgan fingerprint density at radius 3 is 2.30 bits per heavy atom. The zero-order valence-electron chi connectivity index (χ0n) is 24.7. The van der Waals surface area contributed by atoms with Gasteiger partial charge in [0, 0.05) is 18.5 Å². The predicted octanol–water partition coefficient (Wildman–Crippen LogP) is 6.17. The van der Waals surface area contributed by atoms with Crippen molar-refractivity contribution in [2.24, 2.45) is 0 Å². The first-order chi connectivity index (χ1) is 20.3. The first-order valence-corrected chi connectivity index (χ1v) is 14.0. The smallest absolute Gasteiger partial charge is 0.408 e. The number of carbonyl (C=O) groups is 3. The van der Waals surface area contributed by atoms with Crippen LogP contribution >= 0.6 is 11.6 Å². The molecule has 0 aliphatic rings. The van der Waals surface area contributed by atoms with Gasteiger partial charge < -0.3 is 25.4 Å². The molecule has 0 saturated carbocycles. The Morgan fingerprint density at radius 2 is 1.74 bits per heavy atom. The lowest BCUT2D eigenvalue weighted by molar-refractivity contribution is -0.140. The third-order valence-corrected chi connectivity index (χ3v) is 6.71. The van der Waals surface area contributed by atoms with E-state index in [4.69, 9.17) is 22.8 Å². The van der Waals surface area contributed by atoms with Crippen LogP contribution in [0.1, 0.15) is 49.1 Å². The molecular weight excluding hydrogens is 566 g/mol. The molecule has 9 heteroatoms. The number of hydrogen-bond acceptors (Lipinski definition) is 5. The number of aromatic hydroxyl groups is 1. The Bertz CT molecular complexity index is 1480. The highest BCUT2D eigenvalue weighted by Crippen LogP contribution is 2.30. The molecule has 0 bridgehead atoms. The van der Waals surface area contributed by atoms with Crippen molar-refractivity contribution in [1.29, 1.82) is 0 Å². The first-order valence-electron chi connectivity index (χ1n) is 13.6. The monoisotopic (exact) mass is 601 g/mol. The highest BCUT2D eigenvalue weighted by Gasteiger charge is 2.36. The number of para-hydroxylation sites is 1. The van der Waals surface area contributed by atoms with Gasteiger partial charge in [-0.3, -0.25) is 9.59 Å². The van der Waals surface area contributed by atoms with Crippen molar-refractivity contribution < 1.29 is 24.2 Å². The minimum absolute atomic E-state index is 0.0304. The second kappa shape index (κ2) is 14.4. The number of benzene rings is 3. The molecule has 2 atom stereocenters. The molecule has 0 spiro atoms. The van der Waals surface area contributed by atoms with Gasteiger partial charge >= 0.3 is 6.09 Å². The van der Waals surface area contributed by atoms with Crippen molar-refractivity contribution in [3.05, 3.63) is 107 Å². The van der Waals surface area contributed by atoms with Crippen LogP contribution in [-0.4, -0.2) is 46.1 Å². The van der Waals surface area contributed by atoms with Gasteiger partial charge in [0.25, 0.3) is 5.91 Å². The number of carbonyl (C=O) groups excluding carboxylic acids is 3. The molecule has 0 aromatic heterocycles. The van der Waals surface area contributed by atoms with Crippen molar-refractivity contribution in [2.45, 2.75) is 51.8 Å². The number of anilines is 1. The van der Waals surface area contributed by atoms with E-state index in [1.165, 1.54) is 23.1 Å². The van der Waals surface area contributed by atoms with Crippen molar-refractivity contribution in [3.8, 4) is 18.1 Å². The maximum absolute atomic E-state index is 14.4. The summed E-state index contributed by atoms with van der Waals surface area (Å²) in [6.07, 6.45) is 6.31. The number of terminal acetylenes is 1. The lowest BCUT2D eigenvalue weighted by atomic mass is 9.99. The molecule has 224 valence electrons. The Labute approximate surface area is 257 Å². The molecule has 3 aromatic carbocycles. The Hall–Kier alpha value is -4.74. The van der Waals surface area contributed by atoms with Crippen LogP contribution in [0.3, 0.4) is 0 Å². The van der Waals surface area contributed by atoms with Gasteiger partial charge in [0.2, 0.25) is 5.91 Å². The van der Waals surface area contributed by atoms with Crippen LogP contribution in [0.25, 0.3) is 0 Å². The van der Waals surface area contributed by atoms with E-state index in [1.54, 1.807) is 69.3 Å². The Balaban J connectivity index is 2.09. The second-order valence-corrected chi connectivity index (χ2v) is 11.3. The van der Waals surface area contributed by atoms with Crippen molar-refractivity contribution in [1.82, 2.24) is 10.2 Å². The largest absolute Gasteiger partial charge is 0.508 e. The molecular formula is C34H36ClN3O5. The van der Waals surface area contributed by atoms with E-state index in [1.807, 2.05) is 13.0 Å². The highest BCUT2D eigenvalue weighted by atomic mass is 35.5. The molecule has 0 aliphatic carbocycles. The first kappa shape index (κ1) is 32.8. The van der Waals surface area contributed by atoms with Crippen LogP contribution in [0.4, 0.5) is 10.5 Å². The van der Waals surface area contributed by atoms with Gasteiger partial charge in [-0.05, 0) is 74.7 Å². The minimum atomic E-state index is -1.16. The summed E-state index contributed by atoms with van der Waals surface area (Å²) in [5, 5.41) is 15.7. The van der Waals surface area contributed by atoms with E-state index >= 15 is 0 Å². The summed E-state index contributed by atoms with van der Waals surface area (Å²) in [6, 6.07) is 15.9. The number of alkyl carbamates (subject to hydrolysis) is 1. The summed E-state index contributed by atoms with van der Waals surface area (Å²) in [5.74, 6) is 1.52. The maximum atomic E-state index is 14.4. The number of nitrogens with zero attached hydrogens (tertiary/aromatic N) is 1. The molecule has 0 radical (unpaired) electrons. The molecule has 3 amide bonds. The average molecular weight is 602 g/mol. The molecule has 3 rings (SSSR count). The van der Waals surface area contributed by atoms with E-state index in [0.29, 0.717) is 27.4 Å². The fourth-order valence-corrected chi connectivity index (χ4v) is 4.66. The number of phenols is 1. The van der Waals surface area contributed by atoms with Gasteiger partial charge in [0.1, 0.15) is 23.4 Å². The molecule has 0 saturated heterocycles. The molecule has 3 N–H and O–H groups in total. The van der Waals surface area contributed by atoms with Gasteiger partial charge in [0.15, 0.2) is 0 Å².